The van der Waals surface area contributed by atoms with Crippen LogP contribution in [0.1, 0.15) is 6.42 Å². The molecule has 0 aromatic carbocycles. The Kier molecular flexibility index (Phi) is 4.20. The zero-order chi connectivity index (χ0) is 8.81. The minimum Gasteiger partial charge on any atom is -0.354 e. The Balaban J connectivity index is 2.37. The first-order valence-corrected chi connectivity index (χ1v) is 4.68. The number of hydrogen-bond acceptors (Lipinski definition) is 3. The van der Waals surface area contributed by atoms with Gasteiger partial charge in [0.25, 0.3) is 0 Å². The quantitative estimate of drug-likeness (QED) is 0.676. The van der Waals surface area contributed by atoms with Crippen molar-refractivity contribution in [1.29, 1.82) is 0 Å². The van der Waals surface area contributed by atoms with E-state index in [2.05, 4.69) is 37.9 Å². The number of alkyl halides is 1. The molecule has 1 heterocycles. The summed E-state index contributed by atoms with van der Waals surface area (Å²) in [5, 5.41) is 2.91. The van der Waals surface area contributed by atoms with Crippen LogP contribution in [0.4, 0.5) is 10.3 Å². The summed E-state index contributed by atoms with van der Waals surface area (Å²) in [4.78, 5) is 8.00. The van der Waals surface area contributed by atoms with Crippen LogP contribution < -0.4 is 5.32 Å². The molecule has 1 aromatic heterocycles. The first-order valence-electron chi connectivity index (χ1n) is 3.60. The minimum atomic E-state index is -0.308. The molecule has 0 atom stereocenters. The fraction of sp³-hybridized carbons (Fsp3) is 0.429. The molecule has 66 valence electrons. The van der Waals surface area contributed by atoms with Crippen LogP contribution in [-0.2, 0) is 0 Å². The number of nitrogens with zero attached hydrogens (tertiary/aromatic N) is 2. The summed E-state index contributed by atoms with van der Waals surface area (Å²) < 4.78 is 12.7. The number of rotatable bonds is 4. The van der Waals surface area contributed by atoms with Gasteiger partial charge in [-0.3, -0.25) is 4.39 Å². The summed E-state index contributed by atoms with van der Waals surface area (Å²) in [7, 11) is 0. The molecular weight excluding hydrogens is 272 g/mol. The Labute approximate surface area is 83.9 Å². The Hall–Kier alpha value is -0.460. The van der Waals surface area contributed by atoms with Gasteiger partial charge in [-0.05, 0) is 29.0 Å². The van der Waals surface area contributed by atoms with Crippen LogP contribution in [0.2, 0.25) is 0 Å². The Morgan fingerprint density at radius 3 is 2.67 bits per heavy atom. The predicted molar refractivity (Wildman–Crippen MR) is 53.8 cm³/mol. The third kappa shape index (κ3) is 3.29. The van der Waals surface area contributed by atoms with Crippen LogP contribution in [0.15, 0.2) is 12.4 Å². The van der Waals surface area contributed by atoms with Crippen molar-refractivity contribution in [3.05, 3.63) is 16.0 Å². The van der Waals surface area contributed by atoms with Crippen LogP contribution in [0.3, 0.4) is 0 Å². The highest BCUT2D eigenvalue weighted by atomic mass is 127. The fourth-order valence-electron chi connectivity index (χ4n) is 0.671. The maximum Gasteiger partial charge on any atom is 0.222 e. The molecule has 0 fully saturated rings. The Bertz CT molecular complexity index is 227. The molecule has 0 unspecified atom stereocenters. The average molecular weight is 281 g/mol. The van der Waals surface area contributed by atoms with Gasteiger partial charge in [0, 0.05) is 22.5 Å². The number of hydrogen-bond donors (Lipinski definition) is 1. The first kappa shape index (κ1) is 9.63. The van der Waals surface area contributed by atoms with E-state index in [4.69, 9.17) is 0 Å². The van der Waals surface area contributed by atoms with Gasteiger partial charge >= 0.3 is 0 Å². The van der Waals surface area contributed by atoms with Gasteiger partial charge in [-0.1, -0.05) is 0 Å². The number of halogens is 2. The van der Waals surface area contributed by atoms with Crippen molar-refractivity contribution in [1.82, 2.24) is 9.97 Å². The van der Waals surface area contributed by atoms with E-state index >= 15 is 0 Å². The van der Waals surface area contributed by atoms with Gasteiger partial charge in [0.05, 0.1) is 6.67 Å². The monoisotopic (exact) mass is 281 g/mol. The lowest BCUT2D eigenvalue weighted by molar-refractivity contribution is 0.481. The Morgan fingerprint density at radius 2 is 2.08 bits per heavy atom. The molecule has 1 N–H and O–H groups in total. The highest BCUT2D eigenvalue weighted by Crippen LogP contribution is 2.02. The standard InChI is InChI=1S/C7H9FIN3/c8-2-1-3-10-7-11-4-6(9)5-12-7/h4-5H,1-3H2,(H,10,11,12). The molecular formula is C7H9FIN3. The molecule has 0 saturated heterocycles. The van der Waals surface area contributed by atoms with Gasteiger partial charge in [0.2, 0.25) is 5.95 Å². The largest absolute Gasteiger partial charge is 0.354 e. The van der Waals surface area contributed by atoms with E-state index in [1.807, 2.05) is 0 Å². The zero-order valence-corrected chi connectivity index (χ0v) is 8.58. The van der Waals surface area contributed by atoms with Crippen molar-refractivity contribution in [2.24, 2.45) is 0 Å². The summed E-state index contributed by atoms with van der Waals surface area (Å²) in [5.74, 6) is 0.559. The summed E-state index contributed by atoms with van der Waals surface area (Å²) in [5.41, 5.74) is 0. The molecule has 0 radical (unpaired) electrons. The van der Waals surface area contributed by atoms with E-state index in [0.717, 1.165) is 3.57 Å². The summed E-state index contributed by atoms with van der Waals surface area (Å²) >= 11 is 2.13. The van der Waals surface area contributed by atoms with Crippen LogP contribution in [-0.4, -0.2) is 23.2 Å². The lowest BCUT2D eigenvalue weighted by Gasteiger charge is -2.01. The van der Waals surface area contributed by atoms with Crippen molar-refractivity contribution in [3.8, 4) is 0 Å². The topological polar surface area (TPSA) is 37.8 Å². The van der Waals surface area contributed by atoms with E-state index in [1.54, 1.807) is 12.4 Å². The second-order valence-electron chi connectivity index (χ2n) is 2.19. The average Bonchev–Trinajstić information content (AvgIpc) is 2.09. The van der Waals surface area contributed by atoms with Crippen molar-refractivity contribution < 1.29 is 4.39 Å². The molecule has 0 aliphatic carbocycles. The smallest absolute Gasteiger partial charge is 0.222 e. The van der Waals surface area contributed by atoms with Gasteiger partial charge in [0.15, 0.2) is 0 Å². The highest BCUT2D eigenvalue weighted by Gasteiger charge is 1.93. The van der Waals surface area contributed by atoms with Crippen LogP contribution in [0.5, 0.6) is 0 Å². The van der Waals surface area contributed by atoms with Gasteiger partial charge in [-0.15, -0.1) is 0 Å². The van der Waals surface area contributed by atoms with Gasteiger partial charge in [-0.2, -0.15) is 0 Å². The lowest BCUT2D eigenvalue weighted by Crippen LogP contribution is -2.05. The second-order valence-corrected chi connectivity index (χ2v) is 3.44. The fourth-order valence-corrected chi connectivity index (χ4v) is 0.949. The molecule has 0 saturated carbocycles. The van der Waals surface area contributed by atoms with E-state index < -0.39 is 0 Å². The zero-order valence-electron chi connectivity index (χ0n) is 6.43. The minimum absolute atomic E-state index is 0.308. The third-order valence-corrected chi connectivity index (χ3v) is 1.77. The summed E-state index contributed by atoms with van der Waals surface area (Å²) in [6.07, 6.45) is 3.92. The summed E-state index contributed by atoms with van der Waals surface area (Å²) in [6, 6.07) is 0. The van der Waals surface area contributed by atoms with Crippen LogP contribution >= 0.6 is 22.6 Å². The van der Waals surface area contributed by atoms with Crippen molar-refractivity contribution in [2.45, 2.75) is 6.42 Å². The van der Waals surface area contributed by atoms with Crippen molar-refractivity contribution in [3.63, 3.8) is 0 Å². The predicted octanol–water partition coefficient (Wildman–Crippen LogP) is 1.85. The molecule has 1 rings (SSSR count). The molecule has 12 heavy (non-hydrogen) atoms. The maximum absolute atomic E-state index is 11.7. The number of anilines is 1. The van der Waals surface area contributed by atoms with Gasteiger partial charge in [0.1, 0.15) is 0 Å². The normalized spacial score (nSPS) is 9.83. The van der Waals surface area contributed by atoms with Crippen LogP contribution in [0.25, 0.3) is 0 Å². The molecule has 3 nitrogen and oxygen atoms in total. The molecule has 0 amide bonds. The second kappa shape index (κ2) is 5.23. The van der Waals surface area contributed by atoms with Gasteiger partial charge in [-0.25, -0.2) is 9.97 Å². The maximum atomic E-state index is 11.7. The van der Waals surface area contributed by atoms with E-state index in [0.29, 0.717) is 18.9 Å². The summed E-state index contributed by atoms with van der Waals surface area (Å²) in [6.45, 7) is 0.272. The highest BCUT2D eigenvalue weighted by molar-refractivity contribution is 14.1. The molecule has 0 bridgehead atoms. The molecule has 0 spiro atoms. The number of aromatic nitrogens is 2. The SMILES string of the molecule is FCCCNc1ncc(I)cn1. The van der Waals surface area contributed by atoms with Crippen molar-refractivity contribution >= 4 is 28.5 Å². The number of nitrogens with one attached hydrogen (secondary N) is 1. The van der Waals surface area contributed by atoms with E-state index in [9.17, 15) is 4.39 Å². The molecule has 0 aliphatic rings. The van der Waals surface area contributed by atoms with Gasteiger partial charge < -0.3 is 5.32 Å². The van der Waals surface area contributed by atoms with Crippen LogP contribution in [0, 0.1) is 3.57 Å². The molecule has 1 aromatic rings. The van der Waals surface area contributed by atoms with E-state index in [-0.39, 0.29) is 6.67 Å². The van der Waals surface area contributed by atoms with E-state index in [1.165, 1.54) is 0 Å². The third-order valence-electron chi connectivity index (χ3n) is 1.21. The van der Waals surface area contributed by atoms with Crippen molar-refractivity contribution in [2.75, 3.05) is 18.5 Å². The first-order chi connectivity index (χ1) is 5.83. The molecule has 0 aliphatic heterocycles. The Morgan fingerprint density at radius 1 is 1.42 bits per heavy atom. The molecule has 5 heteroatoms. The lowest BCUT2D eigenvalue weighted by atomic mass is 10.5.